The Morgan fingerprint density at radius 3 is 1.37 bits per heavy atom. The first kappa shape index (κ1) is 65.7. The normalized spacial score (nSPS) is 11.0. The summed E-state index contributed by atoms with van der Waals surface area (Å²) in [5.74, 6) is 3.05. The number of aryl methyl sites for hydroxylation is 2. The highest BCUT2D eigenvalue weighted by molar-refractivity contribution is 5.89. The SMILES string of the molecule is C#Cc1ccc(/C=C/c2nc3ccccc3c(=O)n2-c2cccc(C(=O)O)c2)cc1.CC(=O)CCc1cccc(-n2c(/C=C/c3ccc(C#N)cc3)nc3ccccc3c2=O)c1.Cc1ncccc1CNc1cccc(-n2c(/C=C/c3ccc(C#N)cc3)nc3ccccc3c2=O)c1. The molecule has 0 spiro atoms. The molecule has 2 N–H and O–H groups in total. The number of hydrogen-bond acceptors (Lipinski definition) is 12. The summed E-state index contributed by atoms with van der Waals surface area (Å²) in [5, 5.41) is 32.3. The standard InChI is InChI=1S/C30H23N5O.C27H21N3O2.C25H16N2O3/c1-21-24(6-5-17-32-21)20-33-25-7-4-8-26(18-25)35-29(16-15-22-11-13-23(19-31)14-12-22)34-28-10-3-2-9-27(28)30(35)36;1-19(31)9-10-21-5-4-6-23(17-21)30-26(16-15-20-11-13-22(18-28)14-12-20)29-25-8-3-2-7-24(25)27(30)32;1-2-17-10-12-18(13-11-17)14-15-23-26-22-9-4-3-8-21(22)24(28)27(23)20-7-5-6-19(16-20)25(29)30/h2-18,33H,20H2,1H3;2-8,11-17H,9-10H2,1H3;1,3-16H,(H,29,30)/b2*16-15+;15-14+. The molecule has 0 atom stereocenters. The maximum Gasteiger partial charge on any atom is 0.335 e. The molecule has 4 aromatic heterocycles. The zero-order valence-electron chi connectivity index (χ0n) is 53.2. The molecule has 0 bridgehead atoms. The van der Waals surface area contributed by atoms with E-state index in [1.165, 1.54) is 16.7 Å². The number of anilines is 1. The van der Waals surface area contributed by atoms with E-state index in [2.05, 4.69) is 33.3 Å². The van der Waals surface area contributed by atoms with Gasteiger partial charge in [-0.25, -0.2) is 19.7 Å². The van der Waals surface area contributed by atoms with Crippen molar-refractivity contribution in [1.82, 2.24) is 33.6 Å². The largest absolute Gasteiger partial charge is 0.478 e. The number of ketones is 1. The highest BCUT2D eigenvalue weighted by atomic mass is 16.4. The Kier molecular flexibility index (Phi) is 20.7. The van der Waals surface area contributed by atoms with E-state index in [1.54, 1.807) is 101 Å². The van der Waals surface area contributed by atoms with E-state index in [0.717, 1.165) is 44.8 Å². The van der Waals surface area contributed by atoms with Gasteiger partial charge in [-0.15, -0.1) is 6.42 Å². The molecule has 13 aromatic rings. The summed E-state index contributed by atoms with van der Waals surface area (Å²) in [6, 6.07) is 73.4. The predicted molar refractivity (Wildman–Crippen MR) is 388 cm³/mol. The molecule has 16 nitrogen and oxygen atoms in total. The zero-order chi connectivity index (χ0) is 68.5. The third-order valence-electron chi connectivity index (χ3n) is 15.8. The Labute approximate surface area is 563 Å². The number of carboxylic acid groups (broad SMARTS) is 1. The second-order valence-corrected chi connectivity index (χ2v) is 22.5. The van der Waals surface area contributed by atoms with Gasteiger partial charge in [-0.3, -0.25) is 33.1 Å². The number of nitrogens with one attached hydrogen (secondary N) is 1. The van der Waals surface area contributed by atoms with Gasteiger partial charge in [-0.1, -0.05) is 127 Å². The molecule has 4 heterocycles. The smallest absolute Gasteiger partial charge is 0.335 e. The lowest BCUT2D eigenvalue weighted by molar-refractivity contribution is -0.117. The number of benzene rings is 9. The molecule has 9 aromatic carbocycles. The van der Waals surface area contributed by atoms with Crippen molar-refractivity contribution in [2.75, 3.05) is 5.32 Å². The van der Waals surface area contributed by atoms with Crippen LogP contribution in [0.1, 0.15) is 91.4 Å². The third-order valence-corrected chi connectivity index (χ3v) is 15.8. The van der Waals surface area contributed by atoms with Gasteiger partial charge in [0.15, 0.2) is 0 Å². The maximum atomic E-state index is 13.6. The number of carbonyl (C=O) groups excluding carboxylic acids is 1. The van der Waals surface area contributed by atoms with Gasteiger partial charge in [0.05, 0.1) is 78.6 Å². The minimum absolute atomic E-state index is 0.0901. The van der Waals surface area contributed by atoms with Gasteiger partial charge in [0.25, 0.3) is 16.7 Å². The summed E-state index contributed by atoms with van der Waals surface area (Å²) in [4.78, 5) is 81.6. The Balaban J connectivity index is 0.000000149. The number of hydrogen-bond donors (Lipinski definition) is 2. The van der Waals surface area contributed by atoms with Crippen LogP contribution in [0.2, 0.25) is 0 Å². The lowest BCUT2D eigenvalue weighted by atomic mass is 10.1. The number of para-hydroxylation sites is 3. The van der Waals surface area contributed by atoms with Crippen LogP contribution >= 0.6 is 0 Å². The number of aromatic carboxylic acids is 1. The number of nitrogens with zero attached hydrogens (tertiary/aromatic N) is 9. The molecule has 0 radical (unpaired) electrons. The minimum atomic E-state index is -1.07. The van der Waals surface area contributed by atoms with E-state index in [0.29, 0.717) is 97.8 Å². The lowest BCUT2D eigenvalue weighted by Crippen LogP contribution is -2.22. The van der Waals surface area contributed by atoms with Gasteiger partial charge in [0.1, 0.15) is 23.3 Å². The first-order valence-electron chi connectivity index (χ1n) is 31.1. The molecule has 0 aliphatic carbocycles. The lowest BCUT2D eigenvalue weighted by Gasteiger charge is -2.14. The number of terminal acetylenes is 1. The van der Waals surface area contributed by atoms with Crippen molar-refractivity contribution in [3.05, 3.63) is 341 Å². The maximum absolute atomic E-state index is 13.6. The van der Waals surface area contributed by atoms with E-state index >= 15 is 0 Å². The number of fused-ring (bicyclic) bond motifs is 3. The summed E-state index contributed by atoms with van der Waals surface area (Å²) in [7, 11) is 0. The van der Waals surface area contributed by atoms with Crippen LogP contribution in [-0.4, -0.2) is 50.5 Å². The summed E-state index contributed by atoms with van der Waals surface area (Å²) in [5.41, 5.74) is 11.8. The second-order valence-electron chi connectivity index (χ2n) is 22.5. The number of pyridine rings is 1. The first-order chi connectivity index (χ1) is 47.7. The second kappa shape index (κ2) is 30.8. The van der Waals surface area contributed by atoms with Gasteiger partial charge in [-0.2, -0.15) is 10.5 Å². The van der Waals surface area contributed by atoms with Crippen molar-refractivity contribution >= 4 is 86.6 Å². The molecule has 0 saturated carbocycles. The molecule has 474 valence electrons. The predicted octanol–water partition coefficient (Wildman–Crippen LogP) is 14.9. The fourth-order valence-corrected chi connectivity index (χ4v) is 10.7. The molecular weight excluding hydrogens is 1220 g/mol. The van der Waals surface area contributed by atoms with E-state index in [9.17, 15) is 29.1 Å². The van der Waals surface area contributed by atoms with Gasteiger partial charge >= 0.3 is 5.97 Å². The number of carboxylic acids is 1. The summed E-state index contributed by atoms with van der Waals surface area (Å²) >= 11 is 0. The van der Waals surface area contributed by atoms with E-state index in [-0.39, 0.29) is 28.0 Å². The molecule has 98 heavy (non-hydrogen) atoms. The van der Waals surface area contributed by atoms with Crippen molar-refractivity contribution in [3.63, 3.8) is 0 Å². The quantitative estimate of drug-likeness (QED) is 0.0858. The van der Waals surface area contributed by atoms with Crippen LogP contribution in [0.15, 0.2) is 251 Å². The fourth-order valence-electron chi connectivity index (χ4n) is 10.7. The Hall–Kier alpha value is -13.8. The molecule has 0 fully saturated rings. The van der Waals surface area contributed by atoms with E-state index < -0.39 is 5.97 Å². The molecule has 0 unspecified atom stereocenters. The van der Waals surface area contributed by atoms with Crippen molar-refractivity contribution in [2.45, 2.75) is 33.2 Å². The van der Waals surface area contributed by atoms with Crippen LogP contribution in [0.3, 0.4) is 0 Å². The molecular formula is C82H60N10O6. The van der Waals surface area contributed by atoms with Crippen molar-refractivity contribution in [3.8, 4) is 41.5 Å². The highest BCUT2D eigenvalue weighted by Gasteiger charge is 2.16. The molecule has 0 saturated heterocycles. The fraction of sp³-hybridized carbons (Fsp3) is 0.0610. The third kappa shape index (κ3) is 15.8. The number of rotatable bonds is 16. The van der Waals surface area contributed by atoms with Gasteiger partial charge in [-0.05, 0) is 194 Å². The topological polar surface area (TPSA) is 232 Å². The summed E-state index contributed by atoms with van der Waals surface area (Å²) in [6.07, 6.45) is 19.2. The van der Waals surface area contributed by atoms with Crippen molar-refractivity contribution in [2.24, 2.45) is 0 Å². The van der Waals surface area contributed by atoms with E-state index in [4.69, 9.17) is 26.9 Å². The minimum Gasteiger partial charge on any atom is -0.478 e. The Morgan fingerprint density at radius 1 is 0.500 bits per heavy atom. The van der Waals surface area contributed by atoms with E-state index in [1.807, 2.05) is 183 Å². The van der Waals surface area contributed by atoms with Gasteiger partial charge < -0.3 is 15.2 Å². The highest BCUT2D eigenvalue weighted by Crippen LogP contribution is 2.23. The van der Waals surface area contributed by atoms with Crippen LogP contribution in [0.4, 0.5) is 5.69 Å². The average molecular weight is 1280 g/mol. The van der Waals surface area contributed by atoms with Crippen LogP contribution in [0, 0.1) is 41.9 Å². The number of carbonyl (C=O) groups is 2. The molecule has 0 aliphatic rings. The molecule has 13 rings (SSSR count). The number of nitriles is 2. The summed E-state index contributed by atoms with van der Waals surface area (Å²) in [6.45, 7) is 4.19. The van der Waals surface area contributed by atoms with Crippen LogP contribution in [-0.2, 0) is 17.8 Å². The van der Waals surface area contributed by atoms with Crippen molar-refractivity contribution in [1.29, 1.82) is 10.5 Å². The first-order valence-corrected chi connectivity index (χ1v) is 31.1. The monoisotopic (exact) mass is 1280 g/mol. The van der Waals surface area contributed by atoms with Crippen LogP contribution < -0.4 is 22.0 Å². The van der Waals surface area contributed by atoms with Crippen LogP contribution in [0.25, 0.3) is 86.2 Å². The number of Topliss-reactive ketones (excluding diaryl/α,β-unsaturated/α-hetero) is 1. The Bertz CT molecular complexity index is 5590. The number of aromatic nitrogens is 7. The van der Waals surface area contributed by atoms with Crippen molar-refractivity contribution < 1.29 is 14.7 Å². The zero-order valence-corrected chi connectivity index (χ0v) is 53.2. The van der Waals surface area contributed by atoms with Gasteiger partial charge in [0, 0.05) is 36.1 Å². The Morgan fingerprint density at radius 2 is 0.929 bits per heavy atom. The average Bonchev–Trinajstić information content (AvgIpc) is 0.788. The van der Waals surface area contributed by atoms with Gasteiger partial charge in [0.2, 0.25) is 0 Å². The summed E-state index contributed by atoms with van der Waals surface area (Å²) < 4.78 is 4.64. The van der Waals surface area contributed by atoms with Crippen LogP contribution in [0.5, 0.6) is 0 Å². The molecule has 16 heteroatoms. The molecule has 0 aliphatic heterocycles. The molecule has 0 amide bonds.